The van der Waals surface area contributed by atoms with Gasteiger partial charge in [0.15, 0.2) is 11.5 Å². The SMILES string of the molecule is CCCc1cc2c(cc1C[C@]1(C(C)=O)CCOC1=O)OCO2. The van der Waals surface area contributed by atoms with Crippen LogP contribution in [0.5, 0.6) is 11.5 Å². The standard InChI is InChI=1S/C17H20O5/c1-3-4-12-7-14-15(22-10-21-14)8-13(12)9-17(11(2)18)5-6-20-16(17)19/h7-8H,3-6,9-10H2,1-2H3/t17-/m0/s1. The number of carbonyl (C=O) groups is 2. The molecule has 5 heteroatoms. The highest BCUT2D eigenvalue weighted by atomic mass is 16.7. The molecule has 1 aromatic carbocycles. The topological polar surface area (TPSA) is 61.8 Å². The van der Waals surface area contributed by atoms with E-state index < -0.39 is 11.4 Å². The molecule has 0 unspecified atom stereocenters. The molecule has 0 aliphatic carbocycles. The lowest BCUT2D eigenvalue weighted by atomic mass is 9.76. The van der Waals surface area contributed by atoms with Crippen molar-refractivity contribution >= 4 is 11.8 Å². The highest BCUT2D eigenvalue weighted by molar-refractivity contribution is 6.04. The molecule has 2 heterocycles. The Morgan fingerprint density at radius 1 is 1.18 bits per heavy atom. The van der Waals surface area contributed by atoms with Gasteiger partial charge in [0.1, 0.15) is 11.2 Å². The molecular formula is C17H20O5. The number of hydrogen-bond donors (Lipinski definition) is 0. The first kappa shape index (κ1) is 14.9. The molecule has 3 rings (SSSR count). The lowest BCUT2D eigenvalue weighted by molar-refractivity contribution is -0.150. The second kappa shape index (κ2) is 5.63. The van der Waals surface area contributed by atoms with Gasteiger partial charge in [-0.1, -0.05) is 13.3 Å². The second-order valence-corrected chi connectivity index (χ2v) is 5.93. The maximum atomic E-state index is 12.1. The number of cyclic esters (lactones) is 1. The van der Waals surface area contributed by atoms with E-state index in [1.165, 1.54) is 6.92 Å². The zero-order valence-corrected chi connectivity index (χ0v) is 12.9. The minimum absolute atomic E-state index is 0.130. The fraction of sp³-hybridized carbons (Fsp3) is 0.529. The van der Waals surface area contributed by atoms with Crippen LogP contribution in [0, 0.1) is 5.41 Å². The molecule has 0 spiro atoms. The number of aryl methyl sites for hydroxylation is 1. The third kappa shape index (κ3) is 2.34. The van der Waals surface area contributed by atoms with Gasteiger partial charge in [-0.3, -0.25) is 9.59 Å². The molecular weight excluding hydrogens is 284 g/mol. The zero-order valence-electron chi connectivity index (χ0n) is 12.9. The predicted octanol–water partition coefficient (Wildman–Crippen LogP) is 2.43. The van der Waals surface area contributed by atoms with E-state index in [1.54, 1.807) is 0 Å². The first-order valence-electron chi connectivity index (χ1n) is 7.66. The number of ether oxygens (including phenoxy) is 3. The molecule has 1 atom stereocenters. The largest absolute Gasteiger partial charge is 0.465 e. The summed E-state index contributed by atoms with van der Waals surface area (Å²) < 4.78 is 15.9. The van der Waals surface area contributed by atoms with Crippen LogP contribution in [-0.2, 0) is 27.2 Å². The van der Waals surface area contributed by atoms with E-state index in [1.807, 2.05) is 12.1 Å². The molecule has 5 nitrogen and oxygen atoms in total. The lowest BCUT2D eigenvalue weighted by Gasteiger charge is -2.23. The van der Waals surface area contributed by atoms with Gasteiger partial charge in [-0.05, 0) is 43.0 Å². The summed E-state index contributed by atoms with van der Waals surface area (Å²) in [6, 6.07) is 3.87. The average Bonchev–Trinajstić information content (AvgIpc) is 3.07. The maximum absolute atomic E-state index is 12.1. The Morgan fingerprint density at radius 3 is 2.41 bits per heavy atom. The lowest BCUT2D eigenvalue weighted by Crippen LogP contribution is -2.36. The summed E-state index contributed by atoms with van der Waals surface area (Å²) in [5, 5.41) is 0. The van der Waals surface area contributed by atoms with Crippen LogP contribution in [0.1, 0.15) is 37.8 Å². The summed E-state index contributed by atoms with van der Waals surface area (Å²) in [4.78, 5) is 24.3. The van der Waals surface area contributed by atoms with Crippen molar-refractivity contribution in [2.45, 2.75) is 39.5 Å². The molecule has 0 amide bonds. The zero-order chi connectivity index (χ0) is 15.7. The van der Waals surface area contributed by atoms with Gasteiger partial charge in [-0.25, -0.2) is 0 Å². The Balaban J connectivity index is 2.00. The highest BCUT2D eigenvalue weighted by Gasteiger charge is 2.49. The van der Waals surface area contributed by atoms with E-state index >= 15 is 0 Å². The number of esters is 1. The van der Waals surface area contributed by atoms with E-state index in [2.05, 4.69) is 6.92 Å². The van der Waals surface area contributed by atoms with E-state index in [0.717, 1.165) is 29.7 Å². The normalized spacial score (nSPS) is 22.7. The minimum atomic E-state index is -1.05. The first-order valence-corrected chi connectivity index (χ1v) is 7.66. The number of fused-ring (bicyclic) bond motifs is 1. The summed E-state index contributed by atoms with van der Waals surface area (Å²) in [5.41, 5.74) is 1.03. The predicted molar refractivity (Wildman–Crippen MR) is 79.0 cm³/mol. The van der Waals surface area contributed by atoms with E-state index in [4.69, 9.17) is 14.2 Å². The van der Waals surface area contributed by atoms with E-state index in [9.17, 15) is 9.59 Å². The van der Waals surface area contributed by atoms with Gasteiger partial charge < -0.3 is 14.2 Å². The molecule has 118 valence electrons. The van der Waals surface area contributed by atoms with Crippen molar-refractivity contribution in [2.75, 3.05) is 13.4 Å². The molecule has 0 N–H and O–H groups in total. The third-order valence-corrected chi connectivity index (χ3v) is 4.53. The molecule has 2 aliphatic rings. The van der Waals surface area contributed by atoms with Gasteiger partial charge in [-0.15, -0.1) is 0 Å². The molecule has 1 saturated heterocycles. The fourth-order valence-corrected chi connectivity index (χ4v) is 3.18. The first-order chi connectivity index (χ1) is 10.6. The smallest absolute Gasteiger partial charge is 0.320 e. The quantitative estimate of drug-likeness (QED) is 0.617. The van der Waals surface area contributed by atoms with Crippen molar-refractivity contribution in [2.24, 2.45) is 5.41 Å². The summed E-state index contributed by atoms with van der Waals surface area (Å²) in [6.07, 6.45) is 2.66. The van der Waals surface area contributed by atoms with Crippen molar-refractivity contribution in [1.82, 2.24) is 0 Å². The highest BCUT2D eigenvalue weighted by Crippen LogP contribution is 2.40. The Kier molecular flexibility index (Phi) is 3.81. The number of ketones is 1. The van der Waals surface area contributed by atoms with E-state index in [0.29, 0.717) is 25.2 Å². The molecule has 2 aliphatic heterocycles. The average molecular weight is 304 g/mol. The van der Waals surface area contributed by atoms with Crippen LogP contribution in [0.3, 0.4) is 0 Å². The molecule has 0 radical (unpaired) electrons. The van der Waals surface area contributed by atoms with Gasteiger partial charge >= 0.3 is 5.97 Å². The Morgan fingerprint density at radius 2 is 1.86 bits per heavy atom. The summed E-state index contributed by atoms with van der Waals surface area (Å²) >= 11 is 0. The van der Waals surface area contributed by atoms with Crippen LogP contribution < -0.4 is 9.47 Å². The number of rotatable bonds is 5. The van der Waals surface area contributed by atoms with Crippen molar-refractivity contribution in [3.8, 4) is 11.5 Å². The number of benzene rings is 1. The van der Waals surface area contributed by atoms with Crippen molar-refractivity contribution in [1.29, 1.82) is 0 Å². The summed E-state index contributed by atoms with van der Waals surface area (Å²) in [6.45, 7) is 4.09. The van der Waals surface area contributed by atoms with Gasteiger partial charge in [0, 0.05) is 6.42 Å². The van der Waals surface area contributed by atoms with Crippen molar-refractivity contribution in [3.63, 3.8) is 0 Å². The van der Waals surface area contributed by atoms with Crippen LogP contribution in [0.4, 0.5) is 0 Å². The molecule has 0 saturated carbocycles. The van der Waals surface area contributed by atoms with Crippen LogP contribution in [0.15, 0.2) is 12.1 Å². The third-order valence-electron chi connectivity index (χ3n) is 4.53. The van der Waals surface area contributed by atoms with Crippen LogP contribution in [-0.4, -0.2) is 25.2 Å². The van der Waals surface area contributed by atoms with Gasteiger partial charge in [0.25, 0.3) is 0 Å². The fourth-order valence-electron chi connectivity index (χ4n) is 3.18. The number of carbonyl (C=O) groups excluding carboxylic acids is 2. The van der Waals surface area contributed by atoms with Gasteiger partial charge in [0.2, 0.25) is 6.79 Å². The molecule has 0 bridgehead atoms. The summed E-state index contributed by atoms with van der Waals surface area (Å²) in [7, 11) is 0. The Labute approximate surface area is 129 Å². The van der Waals surface area contributed by atoms with Gasteiger partial charge in [0.05, 0.1) is 6.61 Å². The molecule has 1 fully saturated rings. The summed E-state index contributed by atoms with van der Waals surface area (Å²) in [5.74, 6) is 0.883. The second-order valence-electron chi connectivity index (χ2n) is 5.93. The molecule has 1 aromatic rings. The van der Waals surface area contributed by atoms with E-state index in [-0.39, 0.29) is 12.6 Å². The molecule has 0 aromatic heterocycles. The number of Topliss-reactive ketones (excluding diaryl/α,β-unsaturated/α-hetero) is 1. The van der Waals surface area contributed by atoms with Crippen molar-refractivity contribution in [3.05, 3.63) is 23.3 Å². The van der Waals surface area contributed by atoms with Gasteiger partial charge in [-0.2, -0.15) is 0 Å². The monoisotopic (exact) mass is 304 g/mol. The van der Waals surface area contributed by atoms with Crippen LogP contribution >= 0.6 is 0 Å². The van der Waals surface area contributed by atoms with Crippen LogP contribution in [0.2, 0.25) is 0 Å². The van der Waals surface area contributed by atoms with Crippen molar-refractivity contribution < 1.29 is 23.8 Å². The minimum Gasteiger partial charge on any atom is -0.465 e. The number of hydrogen-bond acceptors (Lipinski definition) is 5. The maximum Gasteiger partial charge on any atom is 0.320 e. The molecule has 22 heavy (non-hydrogen) atoms. The van der Waals surface area contributed by atoms with Crippen LogP contribution in [0.25, 0.3) is 0 Å². The Bertz CT molecular complexity index is 622. The Hall–Kier alpha value is -2.04.